The summed E-state index contributed by atoms with van der Waals surface area (Å²) in [6.07, 6.45) is 5.11. The predicted octanol–water partition coefficient (Wildman–Crippen LogP) is 2.01. The zero-order valence-corrected chi connectivity index (χ0v) is 11.5. The minimum absolute atomic E-state index is 0.0368. The van der Waals surface area contributed by atoms with Crippen molar-refractivity contribution in [3.8, 4) is 5.75 Å². The Morgan fingerprint density at radius 1 is 1.16 bits per heavy atom. The van der Waals surface area contributed by atoms with E-state index in [0.29, 0.717) is 17.0 Å². The fourth-order valence-corrected chi connectivity index (χ4v) is 4.38. The zero-order valence-electron chi connectivity index (χ0n) is 10.7. The summed E-state index contributed by atoms with van der Waals surface area (Å²) in [5.41, 5.74) is 0.439. The number of likely N-dealkylation sites (tertiary alicyclic amines) is 1. The van der Waals surface area contributed by atoms with Crippen molar-refractivity contribution in [2.75, 3.05) is 19.6 Å². The fraction of sp³-hybridized carbons (Fsp3) is 0.429. The molecular formula is C14H17NO3S. The van der Waals surface area contributed by atoms with Gasteiger partial charge in [-0.15, -0.1) is 0 Å². The van der Waals surface area contributed by atoms with Crippen molar-refractivity contribution in [2.24, 2.45) is 0 Å². The maximum absolute atomic E-state index is 12.4. The van der Waals surface area contributed by atoms with Gasteiger partial charge in [0.25, 0.3) is 0 Å². The summed E-state index contributed by atoms with van der Waals surface area (Å²) in [6.45, 7) is 2.36. The second-order valence-electron chi connectivity index (χ2n) is 5.14. The predicted molar refractivity (Wildman–Crippen MR) is 73.6 cm³/mol. The maximum Gasteiger partial charge on any atom is 0.204 e. The summed E-state index contributed by atoms with van der Waals surface area (Å²) in [5.74, 6) is 0.0368. The zero-order chi connectivity index (χ0) is 13.5. The molecule has 0 spiro atoms. The highest BCUT2D eigenvalue weighted by Gasteiger charge is 2.32. The number of sulfone groups is 1. The topological polar surface area (TPSA) is 57.6 Å². The molecule has 1 N–H and O–H groups in total. The normalized spacial score (nSPS) is 22.0. The Labute approximate surface area is 113 Å². The number of nitrogens with zero attached hydrogens (tertiary/aromatic N) is 1. The van der Waals surface area contributed by atoms with E-state index in [1.54, 1.807) is 18.2 Å². The molecule has 2 aliphatic rings. The smallest absolute Gasteiger partial charge is 0.204 e. The third kappa shape index (κ3) is 2.17. The van der Waals surface area contributed by atoms with E-state index >= 15 is 0 Å². The van der Waals surface area contributed by atoms with Gasteiger partial charge in [-0.2, -0.15) is 0 Å². The van der Waals surface area contributed by atoms with Crippen molar-refractivity contribution in [3.63, 3.8) is 0 Å². The van der Waals surface area contributed by atoms with Crippen molar-refractivity contribution < 1.29 is 13.5 Å². The lowest BCUT2D eigenvalue weighted by Crippen LogP contribution is -2.32. The molecular weight excluding hydrogens is 262 g/mol. The van der Waals surface area contributed by atoms with Crippen LogP contribution >= 0.6 is 0 Å². The number of phenolic OH excluding ortho intramolecular Hbond substituents is 1. The van der Waals surface area contributed by atoms with Gasteiger partial charge in [-0.3, -0.25) is 4.90 Å². The molecule has 1 saturated heterocycles. The highest BCUT2D eigenvalue weighted by molar-refractivity contribution is 7.95. The Kier molecular flexibility index (Phi) is 3.11. The highest BCUT2D eigenvalue weighted by Crippen LogP contribution is 2.37. The molecule has 102 valence electrons. The monoisotopic (exact) mass is 279 g/mol. The first-order chi connectivity index (χ1) is 9.09. The third-order valence-corrected chi connectivity index (χ3v) is 5.68. The van der Waals surface area contributed by atoms with E-state index < -0.39 is 9.84 Å². The number of rotatable bonds is 2. The molecule has 19 heavy (non-hydrogen) atoms. The van der Waals surface area contributed by atoms with Crippen LogP contribution in [0.4, 0.5) is 0 Å². The Balaban J connectivity index is 1.92. The Bertz CT molecular complexity index is 628. The molecule has 0 bridgehead atoms. The standard InChI is InChI=1S/C14H17NO3S/c16-13-5-4-6-14-12(13)9-11(19(14,17)18)10-15-7-2-1-3-8-15/h4-6,9,16H,1-3,7-8,10H2. The number of phenols is 1. The summed E-state index contributed by atoms with van der Waals surface area (Å²) in [5, 5.41) is 9.76. The van der Waals surface area contributed by atoms with Gasteiger partial charge in [0.05, 0.1) is 9.80 Å². The summed E-state index contributed by atoms with van der Waals surface area (Å²) in [7, 11) is -3.41. The maximum atomic E-state index is 12.4. The highest BCUT2D eigenvalue weighted by atomic mass is 32.2. The van der Waals surface area contributed by atoms with Crippen LogP contribution in [0.1, 0.15) is 24.8 Å². The van der Waals surface area contributed by atoms with Crippen LogP contribution in [0.2, 0.25) is 0 Å². The minimum Gasteiger partial charge on any atom is -0.507 e. The van der Waals surface area contributed by atoms with E-state index in [-0.39, 0.29) is 10.6 Å². The summed E-state index contributed by atoms with van der Waals surface area (Å²) < 4.78 is 24.8. The van der Waals surface area contributed by atoms with E-state index in [9.17, 15) is 13.5 Å². The lowest BCUT2D eigenvalue weighted by molar-refractivity contribution is 0.250. The second-order valence-corrected chi connectivity index (χ2v) is 7.11. The summed E-state index contributed by atoms with van der Waals surface area (Å²) in [4.78, 5) is 2.82. The molecule has 0 atom stereocenters. The second kappa shape index (κ2) is 4.65. The lowest BCUT2D eigenvalue weighted by Gasteiger charge is -2.26. The van der Waals surface area contributed by atoms with Crippen LogP contribution in [0.25, 0.3) is 6.08 Å². The number of hydrogen-bond acceptors (Lipinski definition) is 4. The molecule has 2 heterocycles. The quantitative estimate of drug-likeness (QED) is 0.899. The van der Waals surface area contributed by atoms with Crippen molar-refractivity contribution in [2.45, 2.75) is 24.2 Å². The van der Waals surface area contributed by atoms with Crippen molar-refractivity contribution in [1.29, 1.82) is 0 Å². The molecule has 0 unspecified atom stereocenters. The molecule has 0 aliphatic carbocycles. The largest absolute Gasteiger partial charge is 0.507 e. The first-order valence-corrected chi connectivity index (χ1v) is 8.07. The van der Waals surface area contributed by atoms with Crippen LogP contribution in [0.15, 0.2) is 28.0 Å². The van der Waals surface area contributed by atoms with Crippen LogP contribution < -0.4 is 0 Å². The van der Waals surface area contributed by atoms with Crippen molar-refractivity contribution >= 4 is 15.9 Å². The summed E-state index contributed by atoms with van der Waals surface area (Å²) >= 11 is 0. The minimum atomic E-state index is -3.41. The first kappa shape index (κ1) is 12.7. The van der Waals surface area contributed by atoms with Gasteiger partial charge in [-0.1, -0.05) is 12.5 Å². The van der Waals surface area contributed by atoms with E-state index in [1.807, 2.05) is 0 Å². The van der Waals surface area contributed by atoms with Crippen LogP contribution in [0, 0.1) is 0 Å². The third-order valence-electron chi connectivity index (χ3n) is 3.81. The fourth-order valence-electron chi connectivity index (χ4n) is 2.76. The molecule has 0 saturated carbocycles. The first-order valence-electron chi connectivity index (χ1n) is 6.59. The molecule has 0 aromatic heterocycles. The molecule has 5 heteroatoms. The van der Waals surface area contributed by atoms with Crippen LogP contribution in [-0.2, 0) is 9.84 Å². The van der Waals surface area contributed by atoms with Gasteiger partial charge in [-0.05, 0) is 44.1 Å². The molecule has 0 radical (unpaired) electrons. The van der Waals surface area contributed by atoms with E-state index in [4.69, 9.17) is 0 Å². The molecule has 3 rings (SSSR count). The Hall–Kier alpha value is -1.33. The summed E-state index contributed by atoms with van der Waals surface area (Å²) in [6, 6.07) is 4.65. The van der Waals surface area contributed by atoms with Gasteiger partial charge in [0.15, 0.2) is 0 Å². The van der Waals surface area contributed by atoms with Crippen LogP contribution in [-0.4, -0.2) is 38.1 Å². The number of piperidine rings is 1. The van der Waals surface area contributed by atoms with E-state index in [0.717, 1.165) is 25.9 Å². The van der Waals surface area contributed by atoms with Crippen molar-refractivity contribution in [3.05, 3.63) is 28.7 Å². The SMILES string of the molecule is O=S1(=O)C(CN2CCCCC2)=Cc2c(O)cccc21. The van der Waals surface area contributed by atoms with E-state index in [1.165, 1.54) is 12.5 Å². The van der Waals surface area contributed by atoms with Gasteiger partial charge >= 0.3 is 0 Å². The van der Waals surface area contributed by atoms with Crippen molar-refractivity contribution in [1.82, 2.24) is 4.90 Å². The molecule has 2 aliphatic heterocycles. The Morgan fingerprint density at radius 3 is 2.58 bits per heavy atom. The molecule has 1 fully saturated rings. The van der Waals surface area contributed by atoms with Gasteiger partial charge in [0, 0.05) is 12.1 Å². The number of hydrogen-bond donors (Lipinski definition) is 1. The van der Waals surface area contributed by atoms with E-state index in [2.05, 4.69) is 4.90 Å². The van der Waals surface area contributed by atoms with Crippen LogP contribution in [0.5, 0.6) is 5.75 Å². The average Bonchev–Trinajstić information content (AvgIpc) is 2.65. The molecule has 1 aromatic rings. The molecule has 0 amide bonds. The Morgan fingerprint density at radius 2 is 1.89 bits per heavy atom. The average molecular weight is 279 g/mol. The van der Waals surface area contributed by atoms with Gasteiger partial charge in [0.1, 0.15) is 5.75 Å². The number of fused-ring (bicyclic) bond motifs is 1. The number of aromatic hydroxyl groups is 1. The molecule has 4 nitrogen and oxygen atoms in total. The molecule has 1 aromatic carbocycles. The van der Waals surface area contributed by atoms with Gasteiger partial charge < -0.3 is 5.11 Å². The lowest BCUT2D eigenvalue weighted by atomic mass is 10.1. The van der Waals surface area contributed by atoms with Crippen LogP contribution in [0.3, 0.4) is 0 Å². The van der Waals surface area contributed by atoms with Gasteiger partial charge in [0.2, 0.25) is 9.84 Å². The number of benzene rings is 1. The van der Waals surface area contributed by atoms with Gasteiger partial charge in [-0.25, -0.2) is 8.42 Å².